The van der Waals surface area contributed by atoms with E-state index < -0.39 is 11.9 Å². The molecular formula is C12H8IN3O4. The van der Waals surface area contributed by atoms with Gasteiger partial charge in [0.25, 0.3) is 5.91 Å². The van der Waals surface area contributed by atoms with Crippen LogP contribution in [-0.2, 0) is 0 Å². The first kappa shape index (κ1) is 14.2. The fourth-order valence-corrected chi connectivity index (χ4v) is 1.78. The number of hydrogen-bond donors (Lipinski definition) is 2. The molecule has 0 fully saturated rings. The van der Waals surface area contributed by atoms with Gasteiger partial charge in [0.2, 0.25) is 5.88 Å². The lowest BCUT2D eigenvalue weighted by Crippen LogP contribution is -2.13. The van der Waals surface area contributed by atoms with Gasteiger partial charge in [0, 0.05) is 6.07 Å². The molecule has 1 heterocycles. The highest BCUT2D eigenvalue weighted by Gasteiger charge is 2.10. The van der Waals surface area contributed by atoms with E-state index in [4.69, 9.17) is 15.6 Å². The maximum atomic E-state index is 10.9. The molecule has 0 bridgehead atoms. The van der Waals surface area contributed by atoms with Crippen LogP contribution in [0, 0.1) is 3.57 Å². The van der Waals surface area contributed by atoms with E-state index in [0.717, 1.165) is 0 Å². The number of benzene rings is 1. The van der Waals surface area contributed by atoms with E-state index in [0.29, 0.717) is 9.32 Å². The number of amides is 1. The van der Waals surface area contributed by atoms with E-state index in [2.05, 4.69) is 10.2 Å². The summed E-state index contributed by atoms with van der Waals surface area (Å²) in [5.41, 5.74) is 5.16. The number of rotatable bonds is 4. The zero-order valence-electron chi connectivity index (χ0n) is 9.91. The molecule has 1 amide bonds. The van der Waals surface area contributed by atoms with Gasteiger partial charge >= 0.3 is 5.97 Å². The normalized spacial score (nSPS) is 10.1. The fourth-order valence-electron chi connectivity index (χ4n) is 1.33. The van der Waals surface area contributed by atoms with Gasteiger partial charge in [0.15, 0.2) is 5.69 Å². The molecule has 2 aromatic rings. The van der Waals surface area contributed by atoms with Gasteiger partial charge in [-0.1, -0.05) is 0 Å². The van der Waals surface area contributed by atoms with Crippen LogP contribution in [0.3, 0.4) is 0 Å². The minimum absolute atomic E-state index is 0.0198. The molecule has 0 aliphatic carbocycles. The average molecular weight is 385 g/mol. The van der Waals surface area contributed by atoms with Gasteiger partial charge in [0.1, 0.15) is 5.75 Å². The first-order valence-electron chi connectivity index (χ1n) is 5.31. The van der Waals surface area contributed by atoms with E-state index in [1.54, 1.807) is 6.07 Å². The molecule has 0 radical (unpaired) electrons. The standard InChI is InChI=1S/C12H8IN3O4/c13-7-2-1-6(12(18)19)5-9(7)20-10-4-3-8(11(14)17)15-16-10/h1-5H,(H2,14,17)(H,18,19). The second-order valence-corrected chi connectivity index (χ2v) is 4.84. The molecule has 0 saturated heterocycles. The van der Waals surface area contributed by atoms with Crippen molar-refractivity contribution in [1.82, 2.24) is 10.2 Å². The molecule has 0 saturated carbocycles. The third-order valence-corrected chi connectivity index (χ3v) is 3.18. The number of nitrogens with zero attached hydrogens (tertiary/aromatic N) is 2. The number of nitrogens with two attached hydrogens (primary N) is 1. The third kappa shape index (κ3) is 3.20. The number of carboxylic acid groups (broad SMARTS) is 1. The number of aromatic carboxylic acids is 1. The first-order chi connectivity index (χ1) is 9.47. The van der Waals surface area contributed by atoms with Crippen LogP contribution < -0.4 is 10.5 Å². The van der Waals surface area contributed by atoms with Crippen LogP contribution in [0.25, 0.3) is 0 Å². The van der Waals surface area contributed by atoms with Crippen LogP contribution in [0.15, 0.2) is 30.3 Å². The van der Waals surface area contributed by atoms with E-state index in [9.17, 15) is 9.59 Å². The lowest BCUT2D eigenvalue weighted by molar-refractivity contribution is 0.0696. The highest BCUT2D eigenvalue weighted by molar-refractivity contribution is 14.1. The number of aromatic nitrogens is 2. The monoisotopic (exact) mass is 385 g/mol. The largest absolute Gasteiger partial charge is 0.478 e. The Kier molecular flexibility index (Phi) is 4.13. The first-order valence-corrected chi connectivity index (χ1v) is 6.39. The van der Waals surface area contributed by atoms with Gasteiger partial charge in [0.05, 0.1) is 9.13 Å². The average Bonchev–Trinajstić information content (AvgIpc) is 2.41. The summed E-state index contributed by atoms with van der Waals surface area (Å²) in [7, 11) is 0. The highest BCUT2D eigenvalue weighted by Crippen LogP contribution is 2.26. The maximum absolute atomic E-state index is 10.9. The number of hydrogen-bond acceptors (Lipinski definition) is 5. The molecule has 0 aliphatic heterocycles. The van der Waals surface area contributed by atoms with E-state index in [-0.39, 0.29) is 17.1 Å². The Labute approximate surface area is 126 Å². The van der Waals surface area contributed by atoms with Gasteiger partial charge in [-0.25, -0.2) is 4.79 Å². The molecule has 20 heavy (non-hydrogen) atoms. The summed E-state index contributed by atoms with van der Waals surface area (Å²) in [6.07, 6.45) is 0. The number of carboxylic acids is 1. The Morgan fingerprint density at radius 1 is 1.20 bits per heavy atom. The van der Waals surface area contributed by atoms with Gasteiger partial charge in [-0.15, -0.1) is 10.2 Å². The van der Waals surface area contributed by atoms with Crippen molar-refractivity contribution in [3.8, 4) is 11.6 Å². The molecule has 0 atom stereocenters. The van der Waals surface area contributed by atoms with E-state index in [1.165, 1.54) is 24.3 Å². The van der Waals surface area contributed by atoms with Crippen molar-refractivity contribution in [1.29, 1.82) is 0 Å². The van der Waals surface area contributed by atoms with E-state index >= 15 is 0 Å². The summed E-state index contributed by atoms with van der Waals surface area (Å²) in [6, 6.07) is 7.27. The summed E-state index contributed by atoms with van der Waals surface area (Å²) in [6.45, 7) is 0. The lowest BCUT2D eigenvalue weighted by Gasteiger charge is -2.07. The highest BCUT2D eigenvalue weighted by atomic mass is 127. The zero-order chi connectivity index (χ0) is 14.7. The van der Waals surface area contributed by atoms with Crippen LogP contribution in [-0.4, -0.2) is 27.2 Å². The van der Waals surface area contributed by atoms with Crippen LogP contribution in [0.5, 0.6) is 11.6 Å². The molecule has 0 spiro atoms. The molecule has 0 aliphatic rings. The van der Waals surface area contributed by atoms with Crippen LogP contribution in [0.1, 0.15) is 20.8 Å². The van der Waals surface area contributed by atoms with Crippen molar-refractivity contribution in [3.05, 3.63) is 45.2 Å². The number of carbonyl (C=O) groups excluding carboxylic acids is 1. The molecule has 2 rings (SSSR count). The van der Waals surface area contributed by atoms with Crippen molar-refractivity contribution in [2.75, 3.05) is 0 Å². The Hall–Kier alpha value is -2.23. The van der Waals surface area contributed by atoms with Crippen molar-refractivity contribution < 1.29 is 19.4 Å². The van der Waals surface area contributed by atoms with Crippen LogP contribution in [0.4, 0.5) is 0 Å². The number of ether oxygens (including phenoxy) is 1. The van der Waals surface area contributed by atoms with Gasteiger partial charge in [-0.05, 0) is 46.9 Å². The number of halogens is 1. The zero-order valence-corrected chi connectivity index (χ0v) is 12.1. The van der Waals surface area contributed by atoms with Gasteiger partial charge < -0.3 is 15.6 Å². The quantitative estimate of drug-likeness (QED) is 0.774. The van der Waals surface area contributed by atoms with Crippen LogP contribution >= 0.6 is 22.6 Å². The summed E-state index contributed by atoms with van der Waals surface area (Å²) in [5.74, 6) is -1.27. The summed E-state index contributed by atoms with van der Waals surface area (Å²) < 4.78 is 6.15. The smallest absolute Gasteiger partial charge is 0.335 e. The van der Waals surface area contributed by atoms with Crippen molar-refractivity contribution in [3.63, 3.8) is 0 Å². The molecule has 7 nitrogen and oxygen atoms in total. The Bertz CT molecular complexity index is 673. The minimum Gasteiger partial charge on any atom is -0.478 e. The topological polar surface area (TPSA) is 115 Å². The molecule has 3 N–H and O–H groups in total. The van der Waals surface area contributed by atoms with Gasteiger partial charge in [-0.3, -0.25) is 4.79 Å². The molecule has 0 unspecified atom stereocenters. The molecule has 1 aromatic heterocycles. The maximum Gasteiger partial charge on any atom is 0.335 e. The second kappa shape index (κ2) is 5.82. The van der Waals surface area contributed by atoms with Crippen LogP contribution in [0.2, 0.25) is 0 Å². The Morgan fingerprint density at radius 3 is 2.50 bits per heavy atom. The molecule has 8 heteroatoms. The molecule has 1 aromatic carbocycles. The predicted molar refractivity (Wildman–Crippen MR) is 76.7 cm³/mol. The molecular weight excluding hydrogens is 377 g/mol. The summed E-state index contributed by atoms with van der Waals surface area (Å²) >= 11 is 2.00. The minimum atomic E-state index is -1.05. The van der Waals surface area contributed by atoms with E-state index in [1.807, 2.05) is 22.6 Å². The van der Waals surface area contributed by atoms with Crippen molar-refractivity contribution >= 4 is 34.5 Å². The lowest BCUT2D eigenvalue weighted by atomic mass is 10.2. The fraction of sp³-hybridized carbons (Fsp3) is 0. The predicted octanol–water partition coefficient (Wildman–Crippen LogP) is 1.67. The Morgan fingerprint density at radius 2 is 1.95 bits per heavy atom. The third-order valence-electron chi connectivity index (χ3n) is 2.29. The summed E-state index contributed by atoms with van der Waals surface area (Å²) in [5, 5.41) is 16.2. The summed E-state index contributed by atoms with van der Waals surface area (Å²) in [4.78, 5) is 21.8. The molecule has 102 valence electrons. The second-order valence-electron chi connectivity index (χ2n) is 3.67. The van der Waals surface area contributed by atoms with Crippen molar-refractivity contribution in [2.24, 2.45) is 5.73 Å². The number of primary amides is 1. The number of carbonyl (C=O) groups is 2. The SMILES string of the molecule is NC(=O)c1ccc(Oc2cc(C(=O)O)ccc2I)nn1. The van der Waals surface area contributed by atoms with Crippen molar-refractivity contribution in [2.45, 2.75) is 0 Å². The Balaban J connectivity index is 2.27. The van der Waals surface area contributed by atoms with Gasteiger partial charge in [-0.2, -0.15) is 0 Å².